The van der Waals surface area contributed by atoms with Gasteiger partial charge in [-0.05, 0) is 23.5 Å². The third kappa shape index (κ3) is 2.41. The Kier molecular flexibility index (Phi) is 3.31. The van der Waals surface area contributed by atoms with E-state index >= 15 is 0 Å². The fraction of sp³-hybridized carbons (Fsp3) is 0.368. The maximum atomic E-state index is 3.92. The molecule has 2 aliphatic heterocycles. The van der Waals surface area contributed by atoms with Gasteiger partial charge in [-0.25, -0.2) is 0 Å². The second-order valence-electron chi connectivity index (χ2n) is 6.36. The second kappa shape index (κ2) is 5.19. The number of thioether (sulfide) groups is 1. The first-order valence-electron chi connectivity index (χ1n) is 7.78. The summed E-state index contributed by atoms with van der Waals surface area (Å²) in [5.74, 6) is 2.01. The van der Waals surface area contributed by atoms with Crippen LogP contribution in [0.3, 0.4) is 0 Å². The Labute approximate surface area is 131 Å². The van der Waals surface area contributed by atoms with Gasteiger partial charge in [0.2, 0.25) is 0 Å². The van der Waals surface area contributed by atoms with E-state index in [1.54, 1.807) is 0 Å². The van der Waals surface area contributed by atoms with Crippen LogP contribution < -0.4 is 5.32 Å². The van der Waals surface area contributed by atoms with Gasteiger partial charge in [0.15, 0.2) is 0 Å². The molecule has 2 aromatic rings. The molecule has 2 heterocycles. The van der Waals surface area contributed by atoms with E-state index in [4.69, 9.17) is 0 Å². The number of hydrogen-bond acceptors (Lipinski definition) is 2. The summed E-state index contributed by atoms with van der Waals surface area (Å²) in [4.78, 5) is 0. The van der Waals surface area contributed by atoms with Crippen LogP contribution in [0.25, 0.3) is 0 Å². The minimum atomic E-state index is 0.458. The predicted octanol–water partition coefficient (Wildman–Crippen LogP) is 4.58. The molecule has 1 nitrogen and oxygen atoms in total. The van der Waals surface area contributed by atoms with Gasteiger partial charge in [0.25, 0.3) is 0 Å². The fourth-order valence-corrected chi connectivity index (χ4v) is 4.92. The van der Waals surface area contributed by atoms with Gasteiger partial charge in [0, 0.05) is 22.6 Å². The summed E-state index contributed by atoms with van der Waals surface area (Å²) in [6, 6.07) is 22.8. The van der Waals surface area contributed by atoms with Gasteiger partial charge >= 0.3 is 0 Å². The van der Waals surface area contributed by atoms with Crippen molar-refractivity contribution in [2.45, 2.75) is 30.2 Å². The molecule has 1 spiro atoms. The smallest absolute Gasteiger partial charge is 0.0364 e. The molecule has 0 amide bonds. The molecule has 2 fully saturated rings. The Hall–Kier alpha value is -1.25. The molecular weight excluding hydrogens is 274 g/mol. The van der Waals surface area contributed by atoms with Gasteiger partial charge in [0.05, 0.1) is 0 Å². The van der Waals surface area contributed by atoms with Gasteiger partial charge < -0.3 is 5.32 Å². The largest absolute Gasteiger partial charge is 0.303 e. The van der Waals surface area contributed by atoms with Gasteiger partial charge in [-0.1, -0.05) is 67.6 Å². The van der Waals surface area contributed by atoms with Crippen LogP contribution in [-0.4, -0.2) is 10.5 Å². The molecule has 0 bridgehead atoms. The van der Waals surface area contributed by atoms with Crippen molar-refractivity contribution in [1.82, 2.24) is 5.32 Å². The number of rotatable bonds is 2. The lowest BCUT2D eigenvalue weighted by Crippen LogP contribution is -2.44. The van der Waals surface area contributed by atoms with Crippen molar-refractivity contribution < 1.29 is 0 Å². The topological polar surface area (TPSA) is 12.0 Å². The van der Waals surface area contributed by atoms with Crippen molar-refractivity contribution in [3.63, 3.8) is 0 Å². The van der Waals surface area contributed by atoms with Crippen LogP contribution in [-0.2, 0) is 0 Å². The van der Waals surface area contributed by atoms with Crippen molar-refractivity contribution in [3.05, 3.63) is 71.8 Å². The summed E-state index contributed by atoms with van der Waals surface area (Å²) in [5, 5.41) is 3.92. The Morgan fingerprint density at radius 2 is 1.52 bits per heavy atom. The molecule has 2 aliphatic rings. The quantitative estimate of drug-likeness (QED) is 0.814. The molecule has 4 atom stereocenters. The molecule has 1 N–H and O–H groups in total. The zero-order valence-electron chi connectivity index (χ0n) is 12.3. The number of piperidine rings is 1. The van der Waals surface area contributed by atoms with Crippen LogP contribution in [0.4, 0.5) is 0 Å². The van der Waals surface area contributed by atoms with Crippen LogP contribution in [0.1, 0.15) is 36.6 Å². The third-order valence-corrected chi connectivity index (χ3v) is 6.70. The van der Waals surface area contributed by atoms with Crippen LogP contribution in [0.15, 0.2) is 60.7 Å². The zero-order valence-corrected chi connectivity index (χ0v) is 13.1. The molecule has 21 heavy (non-hydrogen) atoms. The highest BCUT2D eigenvalue weighted by atomic mass is 32.2. The molecule has 2 saturated heterocycles. The van der Waals surface area contributed by atoms with Gasteiger partial charge in [-0.15, -0.1) is 0 Å². The van der Waals surface area contributed by atoms with Crippen LogP contribution in [0.5, 0.6) is 0 Å². The zero-order chi connectivity index (χ0) is 14.3. The van der Waals surface area contributed by atoms with E-state index in [1.165, 1.54) is 23.3 Å². The van der Waals surface area contributed by atoms with E-state index in [-0.39, 0.29) is 0 Å². The lowest BCUT2D eigenvalue weighted by atomic mass is 9.76. The molecule has 108 valence electrons. The average molecular weight is 295 g/mol. The first-order chi connectivity index (χ1) is 10.3. The van der Waals surface area contributed by atoms with Gasteiger partial charge in [-0.3, -0.25) is 0 Å². The molecular formula is C19H21NS. The minimum Gasteiger partial charge on any atom is -0.303 e. The molecule has 0 saturated carbocycles. The summed E-state index contributed by atoms with van der Waals surface area (Å²) < 4.78 is 0.492. The fourth-order valence-electron chi connectivity index (χ4n) is 3.67. The highest BCUT2D eigenvalue weighted by molar-refractivity contribution is 8.07. The SMILES string of the molecule is C[C@@H]1[C@@H](c2ccccc2)N[C@@H](c2ccccc2)CC12CS2. The highest BCUT2D eigenvalue weighted by Crippen LogP contribution is 2.60. The van der Waals surface area contributed by atoms with Crippen molar-refractivity contribution in [2.24, 2.45) is 5.92 Å². The van der Waals surface area contributed by atoms with E-state index in [0.717, 1.165) is 0 Å². The van der Waals surface area contributed by atoms with Crippen molar-refractivity contribution >= 4 is 11.8 Å². The van der Waals surface area contributed by atoms with Crippen molar-refractivity contribution in [2.75, 3.05) is 5.75 Å². The first-order valence-corrected chi connectivity index (χ1v) is 8.77. The Balaban J connectivity index is 1.67. The summed E-state index contributed by atoms with van der Waals surface area (Å²) in [6.45, 7) is 2.42. The molecule has 0 aliphatic carbocycles. The highest BCUT2D eigenvalue weighted by Gasteiger charge is 2.55. The first kappa shape index (κ1) is 13.4. The van der Waals surface area contributed by atoms with Gasteiger partial charge in [0.1, 0.15) is 0 Å². The number of nitrogens with one attached hydrogen (secondary N) is 1. The van der Waals surface area contributed by atoms with Crippen LogP contribution in [0.2, 0.25) is 0 Å². The average Bonchev–Trinajstić information content (AvgIpc) is 3.32. The number of hydrogen-bond donors (Lipinski definition) is 1. The Morgan fingerprint density at radius 3 is 2.10 bits per heavy atom. The van der Waals surface area contributed by atoms with Crippen LogP contribution >= 0.6 is 11.8 Å². The molecule has 0 radical (unpaired) electrons. The van der Waals surface area contributed by atoms with E-state index in [2.05, 4.69) is 84.7 Å². The molecule has 2 heteroatoms. The summed E-state index contributed by atoms with van der Waals surface area (Å²) in [6.07, 6.45) is 1.26. The monoisotopic (exact) mass is 295 g/mol. The lowest BCUT2D eigenvalue weighted by Gasteiger charge is -2.42. The number of benzene rings is 2. The molecule has 2 aromatic carbocycles. The standard InChI is InChI=1S/C19H21NS/c1-14-18(16-10-6-3-7-11-16)20-17(12-19(14)13-21-19)15-8-4-2-5-9-15/h2-11,14,17-18,20H,12-13H2,1H3/t14-,17-,18+,19?/m1/s1. The van der Waals surface area contributed by atoms with E-state index in [0.29, 0.717) is 22.7 Å². The predicted molar refractivity (Wildman–Crippen MR) is 90.5 cm³/mol. The minimum absolute atomic E-state index is 0.458. The Morgan fingerprint density at radius 1 is 0.952 bits per heavy atom. The lowest BCUT2D eigenvalue weighted by molar-refractivity contribution is 0.222. The van der Waals surface area contributed by atoms with Crippen LogP contribution in [0, 0.1) is 5.92 Å². The summed E-state index contributed by atoms with van der Waals surface area (Å²) >= 11 is 2.16. The van der Waals surface area contributed by atoms with E-state index in [9.17, 15) is 0 Å². The van der Waals surface area contributed by atoms with E-state index in [1.807, 2.05) is 0 Å². The normalized spacial score (nSPS) is 34.8. The maximum absolute atomic E-state index is 3.92. The molecule has 1 unspecified atom stereocenters. The maximum Gasteiger partial charge on any atom is 0.0364 e. The summed E-state index contributed by atoms with van der Waals surface area (Å²) in [7, 11) is 0. The van der Waals surface area contributed by atoms with E-state index < -0.39 is 0 Å². The van der Waals surface area contributed by atoms with Crippen molar-refractivity contribution in [1.29, 1.82) is 0 Å². The second-order valence-corrected chi connectivity index (χ2v) is 7.75. The van der Waals surface area contributed by atoms with Crippen molar-refractivity contribution in [3.8, 4) is 0 Å². The molecule has 4 rings (SSSR count). The third-order valence-electron chi connectivity index (χ3n) is 5.14. The molecule has 0 aromatic heterocycles. The van der Waals surface area contributed by atoms with Gasteiger partial charge in [-0.2, -0.15) is 11.8 Å². The summed E-state index contributed by atoms with van der Waals surface area (Å²) in [5.41, 5.74) is 2.86. The Bertz CT molecular complexity index is 606.